The van der Waals surface area contributed by atoms with Gasteiger partial charge in [-0.25, -0.2) is 0 Å². The van der Waals surface area contributed by atoms with Crippen LogP contribution in [0.2, 0.25) is 5.02 Å². The molecule has 2 rings (SSSR count). The largest absolute Gasteiger partial charge is 0.337 e. The lowest BCUT2D eigenvalue weighted by Crippen LogP contribution is -2.47. The van der Waals surface area contributed by atoms with Crippen LogP contribution in [0.1, 0.15) is 23.2 Å². The smallest absolute Gasteiger partial charge is 0.253 e. The van der Waals surface area contributed by atoms with Gasteiger partial charge in [0.05, 0.1) is 5.02 Å². The molecule has 1 atom stereocenters. The summed E-state index contributed by atoms with van der Waals surface area (Å²) >= 11 is 8.25. The molecule has 3 nitrogen and oxygen atoms in total. The number of benzene rings is 1. The van der Waals surface area contributed by atoms with Crippen molar-refractivity contribution in [3.63, 3.8) is 0 Å². The van der Waals surface area contributed by atoms with Crippen LogP contribution in [0.3, 0.4) is 0 Å². The van der Waals surface area contributed by atoms with E-state index in [9.17, 15) is 4.79 Å². The topological polar surface area (TPSA) is 23.6 Å². The molecule has 104 valence electrons. The first kappa shape index (κ1) is 15.1. The number of amides is 1. The summed E-state index contributed by atoms with van der Waals surface area (Å²) < 4.78 is 0.968. The van der Waals surface area contributed by atoms with E-state index in [4.69, 9.17) is 11.6 Å². The molecular weight excluding hydrogens is 375 g/mol. The Morgan fingerprint density at radius 1 is 1.53 bits per heavy atom. The second-order valence-corrected chi connectivity index (χ2v) is 6.67. The Labute approximate surface area is 133 Å². The van der Waals surface area contributed by atoms with Gasteiger partial charge in [-0.05, 0) is 67.2 Å². The Balaban J connectivity index is 2.11. The van der Waals surface area contributed by atoms with Gasteiger partial charge in [-0.2, -0.15) is 0 Å². The van der Waals surface area contributed by atoms with Crippen molar-refractivity contribution >= 4 is 40.1 Å². The predicted octanol–water partition coefficient (Wildman–Crippen LogP) is 3.11. The molecule has 5 heteroatoms. The van der Waals surface area contributed by atoms with E-state index in [1.807, 2.05) is 24.1 Å². The monoisotopic (exact) mass is 392 g/mol. The molecule has 1 fully saturated rings. The third kappa shape index (κ3) is 3.61. The van der Waals surface area contributed by atoms with E-state index in [2.05, 4.69) is 34.5 Å². The Hall–Kier alpha value is -0.330. The Morgan fingerprint density at radius 3 is 2.89 bits per heavy atom. The highest BCUT2D eigenvalue weighted by atomic mass is 127. The van der Waals surface area contributed by atoms with Crippen molar-refractivity contribution < 1.29 is 4.79 Å². The number of likely N-dealkylation sites (N-methyl/N-ethyl adjacent to an activating group) is 2. The van der Waals surface area contributed by atoms with Crippen LogP contribution in [-0.2, 0) is 0 Å². The van der Waals surface area contributed by atoms with Crippen molar-refractivity contribution in [2.75, 3.05) is 27.2 Å². The van der Waals surface area contributed by atoms with Crippen LogP contribution >= 0.6 is 34.2 Å². The van der Waals surface area contributed by atoms with E-state index < -0.39 is 0 Å². The number of likely N-dealkylation sites (tertiary alicyclic amines) is 1. The van der Waals surface area contributed by atoms with Crippen molar-refractivity contribution in [3.05, 3.63) is 32.4 Å². The van der Waals surface area contributed by atoms with Crippen molar-refractivity contribution in [1.82, 2.24) is 9.80 Å². The molecule has 0 aromatic heterocycles. The van der Waals surface area contributed by atoms with Gasteiger partial charge in [-0.3, -0.25) is 4.79 Å². The first-order chi connectivity index (χ1) is 8.99. The van der Waals surface area contributed by atoms with Gasteiger partial charge in [-0.15, -0.1) is 0 Å². The van der Waals surface area contributed by atoms with Gasteiger partial charge in [-0.1, -0.05) is 11.6 Å². The predicted molar refractivity (Wildman–Crippen MR) is 86.8 cm³/mol. The number of carbonyl (C=O) groups is 1. The lowest BCUT2D eigenvalue weighted by atomic mass is 10.0. The molecule has 19 heavy (non-hydrogen) atoms. The second kappa shape index (κ2) is 6.41. The summed E-state index contributed by atoms with van der Waals surface area (Å²) in [5.41, 5.74) is 0.668. The molecule has 0 spiro atoms. The molecule has 1 aliphatic rings. The number of hydrogen-bond donors (Lipinski definition) is 0. The summed E-state index contributed by atoms with van der Waals surface area (Å²) in [7, 11) is 3.99. The molecule has 1 saturated heterocycles. The summed E-state index contributed by atoms with van der Waals surface area (Å²) in [5.74, 6) is 0.0543. The van der Waals surface area contributed by atoms with Crippen LogP contribution < -0.4 is 0 Å². The van der Waals surface area contributed by atoms with Crippen LogP contribution in [-0.4, -0.2) is 48.9 Å². The zero-order valence-electron chi connectivity index (χ0n) is 11.2. The minimum Gasteiger partial charge on any atom is -0.337 e. The summed E-state index contributed by atoms with van der Waals surface area (Å²) in [6, 6.07) is 5.79. The molecule has 0 N–H and O–H groups in total. The molecule has 1 aliphatic heterocycles. The lowest BCUT2D eigenvalue weighted by molar-refractivity contribution is 0.0644. The van der Waals surface area contributed by atoms with Crippen molar-refractivity contribution in [2.45, 2.75) is 18.9 Å². The highest BCUT2D eigenvalue weighted by Crippen LogP contribution is 2.22. The zero-order chi connectivity index (χ0) is 14.0. The molecule has 0 radical (unpaired) electrons. The highest BCUT2D eigenvalue weighted by molar-refractivity contribution is 14.1. The van der Waals surface area contributed by atoms with E-state index >= 15 is 0 Å². The minimum absolute atomic E-state index is 0.0543. The van der Waals surface area contributed by atoms with E-state index in [-0.39, 0.29) is 5.91 Å². The normalized spacial score (nSPS) is 20.3. The summed E-state index contributed by atoms with van der Waals surface area (Å²) in [6.45, 7) is 2.06. The maximum Gasteiger partial charge on any atom is 0.253 e. The maximum atomic E-state index is 12.5. The Kier molecular flexibility index (Phi) is 5.09. The van der Waals surface area contributed by atoms with Gasteiger partial charge in [0.15, 0.2) is 0 Å². The molecular formula is C14H18ClIN2O. The first-order valence-corrected chi connectivity index (χ1v) is 7.85. The third-order valence-corrected chi connectivity index (χ3v) is 5.21. The van der Waals surface area contributed by atoms with Gasteiger partial charge >= 0.3 is 0 Å². The highest BCUT2D eigenvalue weighted by Gasteiger charge is 2.25. The summed E-state index contributed by atoms with van der Waals surface area (Å²) in [5, 5.41) is 0.639. The van der Waals surface area contributed by atoms with E-state index in [0.29, 0.717) is 16.6 Å². The molecule has 1 aromatic carbocycles. The summed E-state index contributed by atoms with van der Waals surface area (Å²) in [6.07, 6.45) is 2.22. The zero-order valence-corrected chi connectivity index (χ0v) is 14.1. The van der Waals surface area contributed by atoms with E-state index in [1.54, 1.807) is 6.07 Å². The maximum absolute atomic E-state index is 12.5. The quantitative estimate of drug-likeness (QED) is 0.722. The van der Waals surface area contributed by atoms with Gasteiger partial charge in [0.2, 0.25) is 0 Å². The number of halogens is 2. The van der Waals surface area contributed by atoms with Gasteiger partial charge in [0, 0.05) is 28.8 Å². The van der Waals surface area contributed by atoms with E-state index in [0.717, 1.165) is 29.5 Å². The van der Waals surface area contributed by atoms with E-state index in [1.165, 1.54) is 0 Å². The fourth-order valence-electron chi connectivity index (χ4n) is 2.45. The number of rotatable bonds is 2. The molecule has 0 aliphatic carbocycles. The molecule has 1 aromatic rings. The van der Waals surface area contributed by atoms with Crippen LogP contribution in [0.5, 0.6) is 0 Å². The molecule has 1 amide bonds. The Bertz CT molecular complexity index is 481. The number of piperidine rings is 1. The van der Waals surface area contributed by atoms with Crippen molar-refractivity contribution in [2.24, 2.45) is 0 Å². The van der Waals surface area contributed by atoms with Crippen LogP contribution in [0.25, 0.3) is 0 Å². The average Bonchev–Trinajstić information content (AvgIpc) is 2.40. The second-order valence-electron chi connectivity index (χ2n) is 5.10. The van der Waals surface area contributed by atoms with Gasteiger partial charge < -0.3 is 9.80 Å². The molecule has 0 saturated carbocycles. The van der Waals surface area contributed by atoms with Crippen LogP contribution in [0.15, 0.2) is 18.2 Å². The Morgan fingerprint density at radius 2 is 2.26 bits per heavy atom. The van der Waals surface area contributed by atoms with Crippen LogP contribution in [0, 0.1) is 3.57 Å². The standard InChI is InChI=1S/C14H18ClIN2O/c1-17-7-3-4-11(9-17)18(2)14(19)10-5-6-13(16)12(15)8-10/h5-6,8,11H,3-4,7,9H2,1-2H3. The first-order valence-electron chi connectivity index (χ1n) is 6.40. The lowest BCUT2D eigenvalue weighted by Gasteiger charge is -2.35. The van der Waals surface area contributed by atoms with Gasteiger partial charge in [0.1, 0.15) is 0 Å². The van der Waals surface area contributed by atoms with Crippen LogP contribution in [0.4, 0.5) is 0 Å². The fraction of sp³-hybridized carbons (Fsp3) is 0.500. The fourth-order valence-corrected chi connectivity index (χ4v) is 2.97. The number of carbonyl (C=O) groups excluding carboxylic acids is 1. The average molecular weight is 393 g/mol. The van der Waals surface area contributed by atoms with Gasteiger partial charge in [0.25, 0.3) is 5.91 Å². The number of nitrogens with zero attached hydrogens (tertiary/aromatic N) is 2. The third-order valence-electron chi connectivity index (χ3n) is 3.63. The number of hydrogen-bond acceptors (Lipinski definition) is 2. The summed E-state index contributed by atoms with van der Waals surface area (Å²) in [4.78, 5) is 16.6. The van der Waals surface area contributed by atoms with Crippen molar-refractivity contribution in [1.29, 1.82) is 0 Å². The molecule has 0 bridgehead atoms. The van der Waals surface area contributed by atoms with Crippen molar-refractivity contribution in [3.8, 4) is 0 Å². The SMILES string of the molecule is CN1CCCC(N(C)C(=O)c2ccc(I)c(Cl)c2)C1. The molecule has 1 unspecified atom stereocenters. The molecule has 1 heterocycles. The minimum atomic E-state index is 0.0543.